The van der Waals surface area contributed by atoms with Gasteiger partial charge in [-0.3, -0.25) is 14.7 Å². The summed E-state index contributed by atoms with van der Waals surface area (Å²) >= 11 is 0. The highest BCUT2D eigenvalue weighted by atomic mass is 16.2. The average molecular weight is 391 g/mol. The van der Waals surface area contributed by atoms with Crippen LogP contribution >= 0.6 is 0 Å². The lowest BCUT2D eigenvalue weighted by Crippen LogP contribution is -2.39. The zero-order valence-electron chi connectivity index (χ0n) is 16.8. The third-order valence-corrected chi connectivity index (χ3v) is 5.79. The van der Waals surface area contributed by atoms with Crippen LogP contribution in [0.25, 0.3) is 11.2 Å². The highest BCUT2D eigenvalue weighted by molar-refractivity contribution is 5.98. The summed E-state index contributed by atoms with van der Waals surface area (Å²) in [6.07, 6.45) is 5.65. The van der Waals surface area contributed by atoms with Crippen molar-refractivity contribution in [2.45, 2.75) is 45.4 Å². The Labute approximate surface area is 169 Å². The summed E-state index contributed by atoms with van der Waals surface area (Å²) in [5.74, 6) is 0.205. The molecular weight excluding hydrogens is 366 g/mol. The first-order valence-electron chi connectivity index (χ1n) is 10.1. The van der Waals surface area contributed by atoms with Crippen molar-refractivity contribution in [2.75, 3.05) is 13.1 Å². The van der Waals surface area contributed by atoms with Crippen LogP contribution in [0.5, 0.6) is 0 Å². The Hall–Kier alpha value is -3.09. The lowest BCUT2D eigenvalue weighted by Gasteiger charge is -2.32. The Balaban J connectivity index is 1.38. The Bertz CT molecular complexity index is 1060. The number of amides is 1. The molecule has 29 heavy (non-hydrogen) atoms. The molecule has 1 amide bonds. The van der Waals surface area contributed by atoms with E-state index in [0.29, 0.717) is 17.8 Å². The van der Waals surface area contributed by atoms with Gasteiger partial charge in [-0.15, -0.1) is 0 Å². The second kappa shape index (κ2) is 8.11. The van der Waals surface area contributed by atoms with Crippen LogP contribution in [0.3, 0.4) is 0 Å². The fraction of sp³-hybridized carbons (Fsp3) is 0.409. The van der Waals surface area contributed by atoms with Gasteiger partial charge in [-0.2, -0.15) is 5.10 Å². The molecule has 7 nitrogen and oxygen atoms in total. The number of rotatable bonds is 5. The van der Waals surface area contributed by atoms with Gasteiger partial charge in [-0.05, 0) is 43.9 Å². The van der Waals surface area contributed by atoms with E-state index in [0.717, 1.165) is 41.7 Å². The Morgan fingerprint density at radius 3 is 2.79 bits per heavy atom. The fourth-order valence-corrected chi connectivity index (χ4v) is 3.93. The molecule has 150 valence electrons. The predicted octanol–water partition coefficient (Wildman–Crippen LogP) is 3.34. The standard InChI is InChI=1S/C22H25N5O2/c1-14-5-6-16(12-15(14)2)18(28)7-8-19(29)27-11-3-4-17(13-27)20-21-22(26-25-20)24-10-9-23-21/h5-6,9-10,12,17H,3-4,7-8,11,13H2,1-2H3,(H,24,25,26)/t17-/m0/s1. The second-order valence-corrected chi connectivity index (χ2v) is 7.77. The van der Waals surface area contributed by atoms with Crippen molar-refractivity contribution < 1.29 is 9.59 Å². The molecular formula is C22H25N5O2. The van der Waals surface area contributed by atoms with Crippen LogP contribution < -0.4 is 0 Å². The molecule has 1 aliphatic heterocycles. The number of benzene rings is 1. The number of Topliss-reactive ketones (excluding diaryl/α,β-unsaturated/α-hetero) is 1. The number of nitrogens with zero attached hydrogens (tertiary/aromatic N) is 4. The summed E-state index contributed by atoms with van der Waals surface area (Å²) in [6.45, 7) is 5.36. The van der Waals surface area contributed by atoms with Gasteiger partial charge in [0, 0.05) is 49.8 Å². The molecule has 3 aromatic rings. The van der Waals surface area contributed by atoms with Gasteiger partial charge >= 0.3 is 0 Å². The zero-order chi connectivity index (χ0) is 20.4. The first-order chi connectivity index (χ1) is 14.0. The molecule has 0 saturated carbocycles. The van der Waals surface area contributed by atoms with E-state index in [9.17, 15) is 9.59 Å². The van der Waals surface area contributed by atoms with Crippen molar-refractivity contribution in [3.63, 3.8) is 0 Å². The summed E-state index contributed by atoms with van der Waals surface area (Å²) in [7, 11) is 0. The molecule has 0 unspecified atom stereocenters. The minimum Gasteiger partial charge on any atom is -0.342 e. The van der Waals surface area contributed by atoms with Crippen molar-refractivity contribution in [1.82, 2.24) is 25.1 Å². The first kappa shape index (κ1) is 19.2. The van der Waals surface area contributed by atoms with Crippen molar-refractivity contribution in [3.8, 4) is 0 Å². The molecule has 1 N–H and O–H groups in total. The van der Waals surface area contributed by atoms with Crippen LogP contribution in [-0.2, 0) is 4.79 Å². The van der Waals surface area contributed by atoms with Gasteiger partial charge in [-0.25, -0.2) is 9.97 Å². The van der Waals surface area contributed by atoms with E-state index in [1.54, 1.807) is 12.4 Å². The van der Waals surface area contributed by atoms with Crippen LogP contribution in [0.1, 0.15) is 58.8 Å². The molecule has 3 heterocycles. The number of nitrogens with one attached hydrogen (secondary N) is 1. The Morgan fingerprint density at radius 1 is 1.14 bits per heavy atom. The van der Waals surface area contributed by atoms with Gasteiger partial charge in [0.25, 0.3) is 0 Å². The molecule has 0 bridgehead atoms. The molecule has 0 aliphatic carbocycles. The van der Waals surface area contributed by atoms with Gasteiger partial charge in [0.1, 0.15) is 5.52 Å². The molecule has 4 rings (SSSR count). The maximum atomic E-state index is 12.8. The van der Waals surface area contributed by atoms with E-state index in [1.165, 1.54) is 0 Å². The van der Waals surface area contributed by atoms with Gasteiger partial charge < -0.3 is 4.90 Å². The molecule has 1 atom stereocenters. The minimum atomic E-state index is 0.0184. The molecule has 1 aromatic carbocycles. The summed E-state index contributed by atoms with van der Waals surface area (Å²) in [4.78, 5) is 35.7. The smallest absolute Gasteiger partial charge is 0.223 e. The lowest BCUT2D eigenvalue weighted by molar-refractivity contribution is -0.132. The number of hydrogen-bond acceptors (Lipinski definition) is 5. The van der Waals surface area contributed by atoms with Crippen molar-refractivity contribution in [1.29, 1.82) is 0 Å². The second-order valence-electron chi connectivity index (χ2n) is 7.77. The topological polar surface area (TPSA) is 91.8 Å². The van der Waals surface area contributed by atoms with Gasteiger partial charge in [0.2, 0.25) is 5.91 Å². The molecule has 2 aromatic heterocycles. The highest BCUT2D eigenvalue weighted by Gasteiger charge is 2.28. The fourth-order valence-electron chi connectivity index (χ4n) is 3.93. The number of fused-ring (bicyclic) bond motifs is 1. The maximum absolute atomic E-state index is 12.8. The summed E-state index contributed by atoms with van der Waals surface area (Å²) < 4.78 is 0. The third kappa shape index (κ3) is 4.04. The number of carbonyl (C=O) groups excluding carboxylic acids is 2. The van der Waals surface area contributed by atoms with Gasteiger partial charge in [-0.1, -0.05) is 12.1 Å². The monoisotopic (exact) mass is 391 g/mol. The number of likely N-dealkylation sites (tertiary alicyclic amines) is 1. The molecule has 1 saturated heterocycles. The van der Waals surface area contributed by atoms with Crippen LogP contribution in [-0.4, -0.2) is 49.8 Å². The van der Waals surface area contributed by atoms with E-state index in [4.69, 9.17) is 0 Å². The lowest BCUT2D eigenvalue weighted by atomic mass is 9.93. The number of carbonyl (C=O) groups is 2. The van der Waals surface area contributed by atoms with Gasteiger partial charge in [0.15, 0.2) is 11.4 Å². The number of piperidine rings is 1. The quantitative estimate of drug-likeness (QED) is 0.674. The van der Waals surface area contributed by atoms with Crippen molar-refractivity contribution in [3.05, 3.63) is 53.0 Å². The van der Waals surface area contributed by atoms with Crippen LogP contribution in [0.2, 0.25) is 0 Å². The third-order valence-electron chi connectivity index (χ3n) is 5.79. The number of aromatic nitrogens is 4. The average Bonchev–Trinajstić information content (AvgIpc) is 3.18. The number of hydrogen-bond donors (Lipinski definition) is 1. The molecule has 0 radical (unpaired) electrons. The van der Waals surface area contributed by atoms with Crippen LogP contribution in [0.4, 0.5) is 0 Å². The van der Waals surface area contributed by atoms with E-state index in [1.807, 2.05) is 36.9 Å². The SMILES string of the molecule is Cc1ccc(C(=O)CCC(=O)N2CCC[C@H](c3[nH]nc4nccnc34)C2)cc1C. The summed E-state index contributed by atoms with van der Waals surface area (Å²) in [5.41, 5.74) is 5.25. The molecule has 7 heteroatoms. The Morgan fingerprint density at radius 2 is 1.97 bits per heavy atom. The number of ketones is 1. The normalized spacial score (nSPS) is 16.9. The minimum absolute atomic E-state index is 0.0184. The van der Waals surface area contributed by atoms with E-state index < -0.39 is 0 Å². The van der Waals surface area contributed by atoms with E-state index in [-0.39, 0.29) is 30.4 Å². The van der Waals surface area contributed by atoms with Crippen molar-refractivity contribution >= 4 is 22.9 Å². The summed E-state index contributed by atoms with van der Waals surface area (Å²) in [5, 5.41) is 7.28. The highest BCUT2D eigenvalue weighted by Crippen LogP contribution is 2.29. The zero-order valence-corrected chi connectivity index (χ0v) is 16.8. The Kier molecular flexibility index (Phi) is 5.38. The van der Waals surface area contributed by atoms with E-state index >= 15 is 0 Å². The summed E-state index contributed by atoms with van der Waals surface area (Å²) in [6, 6.07) is 5.71. The van der Waals surface area contributed by atoms with Gasteiger partial charge in [0.05, 0.1) is 5.69 Å². The molecule has 1 fully saturated rings. The first-order valence-corrected chi connectivity index (χ1v) is 10.1. The van der Waals surface area contributed by atoms with E-state index in [2.05, 4.69) is 20.2 Å². The predicted molar refractivity (Wildman–Crippen MR) is 110 cm³/mol. The largest absolute Gasteiger partial charge is 0.342 e. The number of aryl methyl sites for hydroxylation is 2. The van der Waals surface area contributed by atoms with Crippen molar-refractivity contribution in [2.24, 2.45) is 0 Å². The number of H-pyrrole nitrogens is 1. The molecule has 1 aliphatic rings. The maximum Gasteiger partial charge on any atom is 0.223 e. The molecule has 0 spiro atoms. The van der Waals surface area contributed by atoms with Crippen LogP contribution in [0.15, 0.2) is 30.6 Å². The number of aromatic amines is 1. The van der Waals surface area contributed by atoms with Crippen LogP contribution in [0, 0.1) is 13.8 Å².